The summed E-state index contributed by atoms with van der Waals surface area (Å²) < 4.78 is 2.06. The number of fused-ring (bicyclic) bond motifs is 1. The molecule has 2 N–H and O–H groups in total. The minimum Gasteiger partial charge on any atom is -0.478 e. The van der Waals surface area contributed by atoms with Gasteiger partial charge in [0.25, 0.3) is 0 Å². The molecule has 1 heterocycles. The molecule has 0 unspecified atom stereocenters. The Labute approximate surface area is 111 Å². The first kappa shape index (κ1) is 13.5. The summed E-state index contributed by atoms with van der Waals surface area (Å²) in [4.78, 5) is 15.5. The summed E-state index contributed by atoms with van der Waals surface area (Å²) in [6.07, 6.45) is 0.659. The summed E-state index contributed by atoms with van der Waals surface area (Å²) in [5, 5.41) is 18.0. The van der Waals surface area contributed by atoms with Gasteiger partial charge in [0.15, 0.2) is 0 Å². The molecule has 0 aliphatic rings. The van der Waals surface area contributed by atoms with Crippen LogP contribution in [0.2, 0.25) is 0 Å². The molecule has 5 nitrogen and oxygen atoms in total. The minimum atomic E-state index is -0.946. The Morgan fingerprint density at radius 3 is 2.74 bits per heavy atom. The molecule has 0 spiro atoms. The molecule has 0 fully saturated rings. The highest BCUT2D eigenvalue weighted by Gasteiger charge is 2.14. The van der Waals surface area contributed by atoms with E-state index in [1.54, 1.807) is 18.2 Å². The van der Waals surface area contributed by atoms with E-state index in [9.17, 15) is 4.79 Å². The SMILES string of the molecule is CC(C)c1nc2cc(C(=O)O)ccc2n1CCCO. The number of carboxylic acid groups (broad SMARTS) is 1. The highest BCUT2D eigenvalue weighted by molar-refractivity contribution is 5.92. The summed E-state index contributed by atoms with van der Waals surface area (Å²) in [6, 6.07) is 4.97. The van der Waals surface area contributed by atoms with Crippen LogP contribution in [0.15, 0.2) is 18.2 Å². The van der Waals surface area contributed by atoms with E-state index in [2.05, 4.69) is 23.4 Å². The molecule has 2 rings (SSSR count). The van der Waals surface area contributed by atoms with Gasteiger partial charge in [-0.3, -0.25) is 0 Å². The van der Waals surface area contributed by atoms with Gasteiger partial charge >= 0.3 is 5.97 Å². The van der Waals surface area contributed by atoms with Gasteiger partial charge in [-0.25, -0.2) is 9.78 Å². The second-order valence-electron chi connectivity index (χ2n) is 4.86. The number of aromatic nitrogens is 2. The lowest BCUT2D eigenvalue weighted by Gasteiger charge is -2.10. The monoisotopic (exact) mass is 262 g/mol. The van der Waals surface area contributed by atoms with Crippen molar-refractivity contribution in [2.45, 2.75) is 32.7 Å². The van der Waals surface area contributed by atoms with Crippen LogP contribution in [0.5, 0.6) is 0 Å². The van der Waals surface area contributed by atoms with Crippen molar-refractivity contribution >= 4 is 17.0 Å². The van der Waals surface area contributed by atoms with Gasteiger partial charge in [-0.2, -0.15) is 0 Å². The van der Waals surface area contributed by atoms with Crippen LogP contribution in [0.3, 0.4) is 0 Å². The molecule has 2 aromatic rings. The van der Waals surface area contributed by atoms with Crippen LogP contribution in [0.25, 0.3) is 11.0 Å². The second kappa shape index (κ2) is 5.40. The molecular formula is C14H18N2O3. The van der Waals surface area contributed by atoms with Crippen molar-refractivity contribution in [2.24, 2.45) is 0 Å². The molecule has 0 amide bonds. The van der Waals surface area contributed by atoms with E-state index in [0.717, 1.165) is 11.3 Å². The fourth-order valence-electron chi connectivity index (χ4n) is 2.19. The third-order valence-corrected chi connectivity index (χ3v) is 3.08. The lowest BCUT2D eigenvalue weighted by molar-refractivity contribution is 0.0697. The molecule has 5 heteroatoms. The quantitative estimate of drug-likeness (QED) is 0.866. The molecule has 19 heavy (non-hydrogen) atoms. The Morgan fingerprint density at radius 1 is 1.42 bits per heavy atom. The number of imidazole rings is 1. The summed E-state index contributed by atoms with van der Waals surface area (Å²) >= 11 is 0. The van der Waals surface area contributed by atoms with E-state index < -0.39 is 5.97 Å². The average molecular weight is 262 g/mol. The third-order valence-electron chi connectivity index (χ3n) is 3.08. The van der Waals surface area contributed by atoms with Crippen LogP contribution in [-0.4, -0.2) is 32.3 Å². The van der Waals surface area contributed by atoms with Crippen molar-refractivity contribution in [1.82, 2.24) is 9.55 Å². The number of carbonyl (C=O) groups is 1. The van der Waals surface area contributed by atoms with Gasteiger partial charge in [-0.1, -0.05) is 13.8 Å². The van der Waals surface area contributed by atoms with E-state index in [1.807, 2.05) is 0 Å². The zero-order valence-corrected chi connectivity index (χ0v) is 11.1. The van der Waals surface area contributed by atoms with Gasteiger partial charge in [0, 0.05) is 19.1 Å². The highest BCUT2D eigenvalue weighted by atomic mass is 16.4. The maximum absolute atomic E-state index is 11.0. The van der Waals surface area contributed by atoms with Gasteiger partial charge in [0.05, 0.1) is 16.6 Å². The summed E-state index contributed by atoms with van der Waals surface area (Å²) in [7, 11) is 0. The molecule has 1 aromatic heterocycles. The predicted molar refractivity (Wildman–Crippen MR) is 72.5 cm³/mol. The minimum absolute atomic E-state index is 0.129. The number of benzene rings is 1. The van der Waals surface area contributed by atoms with Gasteiger partial charge in [-0.15, -0.1) is 0 Å². The Balaban J connectivity index is 2.56. The summed E-state index contributed by atoms with van der Waals surface area (Å²) in [5.41, 5.74) is 1.86. The number of aliphatic hydroxyl groups excluding tert-OH is 1. The molecule has 0 aliphatic heterocycles. The molecule has 0 atom stereocenters. The number of aromatic carboxylic acids is 1. The lowest BCUT2D eigenvalue weighted by Crippen LogP contribution is -2.06. The van der Waals surface area contributed by atoms with Crippen LogP contribution in [0.1, 0.15) is 42.4 Å². The number of rotatable bonds is 5. The van der Waals surface area contributed by atoms with Crippen LogP contribution in [0.4, 0.5) is 0 Å². The Kier molecular flexibility index (Phi) is 3.85. The highest BCUT2D eigenvalue weighted by Crippen LogP contribution is 2.23. The molecule has 0 aliphatic carbocycles. The van der Waals surface area contributed by atoms with Crippen molar-refractivity contribution < 1.29 is 15.0 Å². The first-order valence-corrected chi connectivity index (χ1v) is 6.39. The van der Waals surface area contributed by atoms with E-state index in [-0.39, 0.29) is 18.1 Å². The molecular weight excluding hydrogens is 244 g/mol. The second-order valence-corrected chi connectivity index (χ2v) is 4.86. The summed E-state index contributed by atoms with van der Waals surface area (Å²) in [5.74, 6) is 0.225. The first-order valence-electron chi connectivity index (χ1n) is 6.39. The van der Waals surface area contributed by atoms with E-state index in [1.165, 1.54) is 0 Å². The fourth-order valence-corrected chi connectivity index (χ4v) is 2.19. The molecule has 1 aromatic carbocycles. The Hall–Kier alpha value is -1.88. The third kappa shape index (κ3) is 2.61. The fraction of sp³-hybridized carbons (Fsp3) is 0.429. The average Bonchev–Trinajstić information content (AvgIpc) is 2.74. The Bertz CT molecular complexity index is 602. The van der Waals surface area contributed by atoms with Crippen molar-refractivity contribution in [3.8, 4) is 0 Å². The number of hydrogen-bond donors (Lipinski definition) is 2. The normalized spacial score (nSPS) is 11.4. The first-order chi connectivity index (χ1) is 9.04. The van der Waals surface area contributed by atoms with Gasteiger partial charge < -0.3 is 14.8 Å². The number of carboxylic acids is 1. The van der Waals surface area contributed by atoms with Crippen molar-refractivity contribution in [3.05, 3.63) is 29.6 Å². The Morgan fingerprint density at radius 2 is 2.16 bits per heavy atom. The van der Waals surface area contributed by atoms with Crippen molar-refractivity contribution in [2.75, 3.05) is 6.61 Å². The van der Waals surface area contributed by atoms with E-state index in [4.69, 9.17) is 10.2 Å². The standard InChI is InChI=1S/C14H18N2O3/c1-9(2)13-15-11-8-10(14(18)19)4-5-12(11)16(13)6-3-7-17/h4-5,8-9,17H,3,6-7H2,1-2H3,(H,18,19). The van der Waals surface area contributed by atoms with E-state index in [0.29, 0.717) is 18.5 Å². The van der Waals surface area contributed by atoms with Crippen molar-refractivity contribution in [1.29, 1.82) is 0 Å². The van der Waals surface area contributed by atoms with Crippen LogP contribution < -0.4 is 0 Å². The molecule has 102 valence electrons. The maximum atomic E-state index is 11.0. The van der Waals surface area contributed by atoms with Crippen molar-refractivity contribution in [3.63, 3.8) is 0 Å². The number of aliphatic hydroxyl groups is 1. The van der Waals surface area contributed by atoms with Gasteiger partial charge in [0.1, 0.15) is 5.82 Å². The van der Waals surface area contributed by atoms with Gasteiger partial charge in [-0.05, 0) is 24.6 Å². The maximum Gasteiger partial charge on any atom is 0.335 e. The smallest absolute Gasteiger partial charge is 0.335 e. The predicted octanol–water partition coefficient (Wildman–Crippen LogP) is 2.24. The molecule has 0 saturated heterocycles. The molecule has 0 radical (unpaired) electrons. The van der Waals surface area contributed by atoms with E-state index >= 15 is 0 Å². The number of nitrogens with zero attached hydrogens (tertiary/aromatic N) is 2. The molecule has 0 bridgehead atoms. The lowest BCUT2D eigenvalue weighted by atomic mass is 10.2. The number of hydrogen-bond acceptors (Lipinski definition) is 3. The number of aryl methyl sites for hydroxylation is 1. The zero-order chi connectivity index (χ0) is 14.0. The van der Waals surface area contributed by atoms with Crippen LogP contribution in [0, 0.1) is 0 Å². The largest absolute Gasteiger partial charge is 0.478 e. The zero-order valence-electron chi connectivity index (χ0n) is 11.1. The molecule has 0 saturated carbocycles. The van der Waals surface area contributed by atoms with Crippen LogP contribution >= 0.6 is 0 Å². The van der Waals surface area contributed by atoms with Crippen LogP contribution in [-0.2, 0) is 6.54 Å². The summed E-state index contributed by atoms with van der Waals surface area (Å²) in [6.45, 7) is 4.92. The van der Waals surface area contributed by atoms with Gasteiger partial charge in [0.2, 0.25) is 0 Å². The topological polar surface area (TPSA) is 75.3 Å².